The van der Waals surface area contributed by atoms with Gasteiger partial charge in [-0.25, -0.2) is 0 Å². The molecule has 1 fully saturated rings. The van der Waals surface area contributed by atoms with Gasteiger partial charge in [0.2, 0.25) is 0 Å². The van der Waals surface area contributed by atoms with Gasteiger partial charge in [-0.05, 0) is 48.9 Å². The first-order chi connectivity index (χ1) is 8.83. The van der Waals surface area contributed by atoms with Crippen molar-refractivity contribution in [3.05, 3.63) is 59.5 Å². The molecule has 0 bridgehead atoms. The molecule has 0 radical (unpaired) electrons. The monoisotopic (exact) mass is 241 g/mol. The fourth-order valence-corrected chi connectivity index (χ4v) is 2.23. The Bertz CT molecular complexity index is 482. The summed E-state index contributed by atoms with van der Waals surface area (Å²) in [6.07, 6.45) is 4.46. The van der Waals surface area contributed by atoms with Crippen LogP contribution >= 0.6 is 0 Å². The first-order valence-corrected chi connectivity index (χ1v) is 6.68. The summed E-state index contributed by atoms with van der Waals surface area (Å²) in [5, 5.41) is 3.47. The third-order valence-electron chi connectivity index (χ3n) is 3.61. The Hall–Kier alpha value is -1.54. The zero-order valence-corrected chi connectivity index (χ0v) is 10.7. The molecule has 1 N–H and O–H groups in total. The minimum absolute atomic E-state index is 0.253. The molecule has 0 spiro atoms. The van der Waals surface area contributed by atoms with Gasteiger partial charge in [0.1, 0.15) is 5.76 Å². The molecule has 1 aromatic carbocycles. The van der Waals surface area contributed by atoms with Crippen molar-refractivity contribution < 1.29 is 4.42 Å². The van der Waals surface area contributed by atoms with Crippen molar-refractivity contribution in [2.24, 2.45) is 0 Å². The van der Waals surface area contributed by atoms with Gasteiger partial charge in [-0.3, -0.25) is 0 Å². The van der Waals surface area contributed by atoms with E-state index in [1.54, 1.807) is 6.26 Å². The molecular formula is C16H19NO. The van der Waals surface area contributed by atoms with Crippen LogP contribution in [0.1, 0.15) is 48.6 Å². The molecule has 2 aromatic rings. The highest BCUT2D eigenvalue weighted by atomic mass is 16.3. The van der Waals surface area contributed by atoms with Gasteiger partial charge >= 0.3 is 0 Å². The van der Waals surface area contributed by atoms with E-state index >= 15 is 0 Å². The quantitative estimate of drug-likeness (QED) is 0.855. The Kier molecular flexibility index (Phi) is 3.20. The van der Waals surface area contributed by atoms with Crippen LogP contribution in [0.5, 0.6) is 0 Å². The lowest BCUT2D eigenvalue weighted by Gasteiger charge is -2.11. The lowest BCUT2D eigenvalue weighted by atomic mass is 10.1. The Morgan fingerprint density at radius 3 is 2.61 bits per heavy atom. The number of rotatable bonds is 5. The van der Waals surface area contributed by atoms with Gasteiger partial charge in [0.15, 0.2) is 0 Å². The largest absolute Gasteiger partial charge is 0.468 e. The van der Waals surface area contributed by atoms with Crippen LogP contribution < -0.4 is 5.32 Å². The molecule has 0 aliphatic heterocycles. The van der Waals surface area contributed by atoms with Crippen LogP contribution in [-0.2, 0) is 6.54 Å². The molecule has 1 aliphatic carbocycles. The van der Waals surface area contributed by atoms with Crippen LogP contribution in [0.15, 0.2) is 47.1 Å². The summed E-state index contributed by atoms with van der Waals surface area (Å²) in [6.45, 7) is 3.00. The standard InChI is InChI=1S/C16H19NO/c1-12(16-3-2-10-18-16)17-11-13-4-6-14(7-5-13)15-8-9-15/h2-7,10,12,15,17H,8-9,11H2,1H3. The molecule has 0 amide bonds. The molecule has 0 saturated heterocycles. The van der Waals surface area contributed by atoms with E-state index in [1.807, 2.05) is 12.1 Å². The van der Waals surface area contributed by atoms with Crippen LogP contribution in [0.3, 0.4) is 0 Å². The molecule has 1 saturated carbocycles. The van der Waals surface area contributed by atoms with E-state index in [4.69, 9.17) is 4.42 Å². The van der Waals surface area contributed by atoms with Crippen molar-refractivity contribution in [3.8, 4) is 0 Å². The lowest BCUT2D eigenvalue weighted by molar-refractivity contribution is 0.430. The molecule has 94 valence electrons. The highest BCUT2D eigenvalue weighted by Crippen LogP contribution is 2.39. The minimum Gasteiger partial charge on any atom is -0.468 e. The predicted octanol–water partition coefficient (Wildman–Crippen LogP) is 4.01. The van der Waals surface area contributed by atoms with E-state index in [2.05, 4.69) is 36.5 Å². The molecule has 2 nitrogen and oxygen atoms in total. The zero-order valence-electron chi connectivity index (χ0n) is 10.7. The second-order valence-corrected chi connectivity index (χ2v) is 5.13. The van der Waals surface area contributed by atoms with E-state index in [0.717, 1.165) is 18.2 Å². The van der Waals surface area contributed by atoms with E-state index in [-0.39, 0.29) is 6.04 Å². The predicted molar refractivity (Wildman–Crippen MR) is 72.4 cm³/mol. The molecule has 3 rings (SSSR count). The molecule has 1 unspecified atom stereocenters. The van der Waals surface area contributed by atoms with Crippen LogP contribution in [0.25, 0.3) is 0 Å². The topological polar surface area (TPSA) is 25.2 Å². The van der Waals surface area contributed by atoms with Crippen molar-refractivity contribution in [3.63, 3.8) is 0 Å². The van der Waals surface area contributed by atoms with Crippen LogP contribution in [0.4, 0.5) is 0 Å². The Morgan fingerprint density at radius 1 is 1.22 bits per heavy atom. The Balaban J connectivity index is 1.56. The maximum atomic E-state index is 5.38. The van der Waals surface area contributed by atoms with Crippen molar-refractivity contribution in [2.45, 2.75) is 38.3 Å². The summed E-state index contributed by atoms with van der Waals surface area (Å²) in [5.41, 5.74) is 2.83. The van der Waals surface area contributed by atoms with E-state index < -0.39 is 0 Å². The number of nitrogens with one attached hydrogen (secondary N) is 1. The van der Waals surface area contributed by atoms with Gasteiger partial charge < -0.3 is 9.73 Å². The SMILES string of the molecule is CC(NCc1ccc(C2CC2)cc1)c1ccco1. The zero-order chi connectivity index (χ0) is 12.4. The number of hydrogen-bond donors (Lipinski definition) is 1. The summed E-state index contributed by atoms with van der Waals surface area (Å²) < 4.78 is 5.38. The maximum absolute atomic E-state index is 5.38. The molecule has 1 atom stereocenters. The molecule has 1 heterocycles. The van der Waals surface area contributed by atoms with E-state index in [1.165, 1.54) is 24.0 Å². The molecule has 1 aromatic heterocycles. The first-order valence-electron chi connectivity index (χ1n) is 6.68. The van der Waals surface area contributed by atoms with Gasteiger partial charge in [-0.2, -0.15) is 0 Å². The fraction of sp³-hybridized carbons (Fsp3) is 0.375. The molecule has 2 heteroatoms. The lowest BCUT2D eigenvalue weighted by Crippen LogP contribution is -2.17. The second-order valence-electron chi connectivity index (χ2n) is 5.13. The third-order valence-corrected chi connectivity index (χ3v) is 3.61. The van der Waals surface area contributed by atoms with E-state index in [9.17, 15) is 0 Å². The highest BCUT2D eigenvalue weighted by molar-refractivity contribution is 5.28. The summed E-state index contributed by atoms with van der Waals surface area (Å²) in [6, 6.07) is 13.2. The minimum atomic E-state index is 0.253. The summed E-state index contributed by atoms with van der Waals surface area (Å²) in [5.74, 6) is 1.83. The van der Waals surface area contributed by atoms with Gasteiger partial charge in [0, 0.05) is 6.54 Å². The van der Waals surface area contributed by atoms with Gasteiger partial charge in [-0.1, -0.05) is 24.3 Å². The molecule has 1 aliphatic rings. The number of benzene rings is 1. The average Bonchev–Trinajstić information content (AvgIpc) is 3.11. The maximum Gasteiger partial charge on any atom is 0.120 e. The van der Waals surface area contributed by atoms with Gasteiger partial charge in [-0.15, -0.1) is 0 Å². The highest BCUT2D eigenvalue weighted by Gasteiger charge is 2.22. The van der Waals surface area contributed by atoms with Crippen molar-refractivity contribution in [2.75, 3.05) is 0 Å². The van der Waals surface area contributed by atoms with Crippen molar-refractivity contribution in [1.82, 2.24) is 5.32 Å². The average molecular weight is 241 g/mol. The Labute approximate surface area is 108 Å². The molecule has 18 heavy (non-hydrogen) atoms. The smallest absolute Gasteiger partial charge is 0.120 e. The van der Waals surface area contributed by atoms with Crippen LogP contribution in [0.2, 0.25) is 0 Å². The third kappa shape index (κ3) is 2.65. The van der Waals surface area contributed by atoms with Gasteiger partial charge in [0.05, 0.1) is 12.3 Å². The normalized spacial score (nSPS) is 16.7. The number of hydrogen-bond acceptors (Lipinski definition) is 2. The van der Waals surface area contributed by atoms with Crippen LogP contribution in [-0.4, -0.2) is 0 Å². The molecular weight excluding hydrogens is 222 g/mol. The fourth-order valence-electron chi connectivity index (χ4n) is 2.23. The van der Waals surface area contributed by atoms with Gasteiger partial charge in [0.25, 0.3) is 0 Å². The second kappa shape index (κ2) is 4.99. The van der Waals surface area contributed by atoms with Crippen LogP contribution in [0, 0.1) is 0 Å². The Morgan fingerprint density at radius 2 is 2.00 bits per heavy atom. The van der Waals surface area contributed by atoms with Crippen molar-refractivity contribution >= 4 is 0 Å². The van der Waals surface area contributed by atoms with E-state index in [0.29, 0.717) is 0 Å². The van der Waals surface area contributed by atoms with Crippen molar-refractivity contribution in [1.29, 1.82) is 0 Å². The number of furan rings is 1. The summed E-state index contributed by atoms with van der Waals surface area (Å²) in [7, 11) is 0. The summed E-state index contributed by atoms with van der Waals surface area (Å²) in [4.78, 5) is 0. The summed E-state index contributed by atoms with van der Waals surface area (Å²) >= 11 is 0. The first kappa shape index (κ1) is 11.5.